The minimum absolute atomic E-state index is 0.207. The number of pyridine rings is 1. The van der Waals surface area contributed by atoms with Crippen molar-refractivity contribution in [2.24, 2.45) is 5.92 Å². The Bertz CT molecular complexity index is 463. The van der Waals surface area contributed by atoms with Crippen molar-refractivity contribution >= 4 is 17.5 Å². The lowest BCUT2D eigenvalue weighted by Crippen LogP contribution is -2.33. The van der Waals surface area contributed by atoms with Gasteiger partial charge >= 0.3 is 0 Å². The maximum absolute atomic E-state index is 12.2. The molecule has 1 aromatic rings. The van der Waals surface area contributed by atoms with Gasteiger partial charge in [-0.3, -0.25) is 4.79 Å². The van der Waals surface area contributed by atoms with Gasteiger partial charge in [-0.05, 0) is 50.4 Å². The van der Waals surface area contributed by atoms with Gasteiger partial charge in [0, 0.05) is 32.8 Å². The number of hydrogen-bond donors (Lipinski definition) is 0. The van der Waals surface area contributed by atoms with Crippen LogP contribution in [-0.4, -0.2) is 47.9 Å². The van der Waals surface area contributed by atoms with Gasteiger partial charge in [0.1, 0.15) is 5.15 Å². The number of aromatic nitrogens is 1. The molecule has 0 saturated carbocycles. The summed E-state index contributed by atoms with van der Waals surface area (Å²) in [5, 5.41) is 0.481. The second-order valence-electron chi connectivity index (χ2n) is 6.05. The first-order chi connectivity index (χ1) is 10.0. The molecule has 0 radical (unpaired) electrons. The molecule has 0 N–H and O–H groups in total. The highest BCUT2D eigenvalue weighted by molar-refractivity contribution is 6.29. The highest BCUT2D eigenvalue weighted by Crippen LogP contribution is 2.20. The van der Waals surface area contributed by atoms with Crippen LogP contribution in [0.15, 0.2) is 18.3 Å². The molecule has 1 aliphatic rings. The predicted octanol–water partition coefficient (Wildman–Crippen LogP) is 2.82. The van der Waals surface area contributed by atoms with Gasteiger partial charge in [-0.2, -0.15) is 0 Å². The normalized spacial score (nSPS) is 19.5. The molecule has 1 aliphatic heterocycles. The number of piperidine rings is 1. The zero-order valence-electron chi connectivity index (χ0n) is 12.9. The second-order valence-corrected chi connectivity index (χ2v) is 6.44. The van der Waals surface area contributed by atoms with E-state index in [1.54, 1.807) is 17.2 Å². The minimum Gasteiger partial charge on any atom is -0.341 e. The van der Waals surface area contributed by atoms with E-state index in [4.69, 9.17) is 11.6 Å². The van der Waals surface area contributed by atoms with E-state index >= 15 is 0 Å². The average molecular weight is 310 g/mol. The number of halogens is 1. The van der Waals surface area contributed by atoms with E-state index in [2.05, 4.69) is 16.9 Å². The largest absolute Gasteiger partial charge is 0.341 e. The van der Waals surface area contributed by atoms with Crippen LogP contribution in [-0.2, 0) is 11.3 Å². The van der Waals surface area contributed by atoms with Gasteiger partial charge in [-0.25, -0.2) is 4.98 Å². The van der Waals surface area contributed by atoms with Crippen molar-refractivity contribution in [1.29, 1.82) is 0 Å². The van der Waals surface area contributed by atoms with Crippen LogP contribution in [0.4, 0.5) is 0 Å². The van der Waals surface area contributed by atoms with Gasteiger partial charge in [0.05, 0.1) is 0 Å². The SMILES string of the molecule is CN1CCC[C@@H](CCC(=O)N(C)Cc2ccc(Cl)nc2)C1. The molecule has 0 spiro atoms. The molecule has 0 bridgehead atoms. The Morgan fingerprint density at radius 2 is 2.33 bits per heavy atom. The number of rotatable bonds is 5. The molecular weight excluding hydrogens is 286 g/mol. The summed E-state index contributed by atoms with van der Waals surface area (Å²) in [6, 6.07) is 3.67. The summed E-state index contributed by atoms with van der Waals surface area (Å²) in [6.07, 6.45) is 5.86. The first kappa shape index (κ1) is 16.2. The third-order valence-electron chi connectivity index (χ3n) is 4.12. The molecule has 1 saturated heterocycles. The highest BCUT2D eigenvalue weighted by atomic mass is 35.5. The molecule has 1 atom stereocenters. The summed E-state index contributed by atoms with van der Waals surface area (Å²) in [7, 11) is 4.01. The third kappa shape index (κ3) is 5.29. The van der Waals surface area contributed by atoms with Crippen molar-refractivity contribution in [3.05, 3.63) is 29.0 Å². The molecule has 116 valence electrons. The maximum atomic E-state index is 12.2. The summed E-state index contributed by atoms with van der Waals surface area (Å²) in [5.41, 5.74) is 1.01. The van der Waals surface area contributed by atoms with E-state index < -0.39 is 0 Å². The van der Waals surface area contributed by atoms with Crippen molar-refractivity contribution in [1.82, 2.24) is 14.8 Å². The Morgan fingerprint density at radius 1 is 1.52 bits per heavy atom. The van der Waals surface area contributed by atoms with E-state index in [9.17, 15) is 4.79 Å². The van der Waals surface area contributed by atoms with E-state index in [1.807, 2.05) is 13.1 Å². The van der Waals surface area contributed by atoms with Crippen LogP contribution in [0, 0.1) is 5.92 Å². The van der Waals surface area contributed by atoms with E-state index in [0.29, 0.717) is 24.0 Å². The lowest BCUT2D eigenvalue weighted by Gasteiger charge is -2.29. The molecule has 2 heterocycles. The van der Waals surface area contributed by atoms with Crippen molar-refractivity contribution in [2.75, 3.05) is 27.2 Å². The van der Waals surface area contributed by atoms with Crippen LogP contribution in [0.1, 0.15) is 31.2 Å². The van der Waals surface area contributed by atoms with Crippen molar-refractivity contribution in [3.8, 4) is 0 Å². The minimum atomic E-state index is 0.207. The number of nitrogens with zero attached hydrogens (tertiary/aromatic N) is 3. The van der Waals surface area contributed by atoms with E-state index in [0.717, 1.165) is 18.5 Å². The van der Waals surface area contributed by atoms with E-state index in [-0.39, 0.29) is 5.91 Å². The first-order valence-corrected chi connectivity index (χ1v) is 7.95. The zero-order valence-corrected chi connectivity index (χ0v) is 13.6. The summed E-state index contributed by atoms with van der Waals surface area (Å²) < 4.78 is 0. The number of carbonyl (C=O) groups is 1. The van der Waals surface area contributed by atoms with Gasteiger partial charge in [0.15, 0.2) is 0 Å². The Labute approximate surface area is 132 Å². The molecule has 0 aromatic carbocycles. The lowest BCUT2D eigenvalue weighted by molar-refractivity contribution is -0.130. The molecular formula is C16H24ClN3O. The monoisotopic (exact) mass is 309 g/mol. The maximum Gasteiger partial charge on any atom is 0.222 e. The Kier molecular flexibility index (Phi) is 6.00. The van der Waals surface area contributed by atoms with Crippen molar-refractivity contribution < 1.29 is 4.79 Å². The van der Waals surface area contributed by atoms with Crippen LogP contribution in [0.25, 0.3) is 0 Å². The fourth-order valence-electron chi connectivity index (χ4n) is 2.89. The molecule has 1 aromatic heterocycles. The van der Waals surface area contributed by atoms with Crippen LogP contribution in [0.5, 0.6) is 0 Å². The molecule has 1 amide bonds. The topological polar surface area (TPSA) is 36.4 Å². The standard InChI is InChI=1S/C16H24ClN3O/c1-19-9-3-4-13(11-19)6-8-16(21)20(2)12-14-5-7-15(17)18-10-14/h5,7,10,13H,3-4,6,8-9,11-12H2,1-2H3/t13-/m0/s1. The summed E-state index contributed by atoms with van der Waals surface area (Å²) in [5.74, 6) is 0.872. The smallest absolute Gasteiger partial charge is 0.222 e. The zero-order chi connectivity index (χ0) is 15.2. The second kappa shape index (κ2) is 7.76. The summed E-state index contributed by atoms with van der Waals surface area (Å²) >= 11 is 5.76. The van der Waals surface area contributed by atoms with Crippen LogP contribution in [0.3, 0.4) is 0 Å². The summed E-state index contributed by atoms with van der Waals surface area (Å²) in [6.45, 7) is 2.90. The van der Waals surface area contributed by atoms with Gasteiger partial charge in [-0.15, -0.1) is 0 Å². The Balaban J connectivity index is 1.75. The van der Waals surface area contributed by atoms with Crippen molar-refractivity contribution in [3.63, 3.8) is 0 Å². The Morgan fingerprint density at radius 3 is 3.00 bits per heavy atom. The van der Waals surface area contributed by atoms with Crippen molar-refractivity contribution in [2.45, 2.75) is 32.2 Å². The lowest BCUT2D eigenvalue weighted by atomic mass is 9.93. The molecule has 0 unspecified atom stereocenters. The highest BCUT2D eigenvalue weighted by Gasteiger charge is 2.19. The molecule has 2 rings (SSSR count). The van der Waals surface area contributed by atoms with Crippen LogP contribution in [0.2, 0.25) is 5.15 Å². The molecule has 21 heavy (non-hydrogen) atoms. The number of hydrogen-bond acceptors (Lipinski definition) is 3. The third-order valence-corrected chi connectivity index (χ3v) is 4.35. The average Bonchev–Trinajstić information content (AvgIpc) is 2.47. The number of amides is 1. The number of carbonyl (C=O) groups excluding carboxylic acids is 1. The van der Waals surface area contributed by atoms with Gasteiger partial charge in [0.25, 0.3) is 0 Å². The Hall–Kier alpha value is -1.13. The fourth-order valence-corrected chi connectivity index (χ4v) is 3.00. The molecule has 1 fully saturated rings. The predicted molar refractivity (Wildman–Crippen MR) is 85.2 cm³/mol. The quantitative estimate of drug-likeness (QED) is 0.785. The number of likely N-dealkylation sites (tertiary alicyclic amines) is 1. The van der Waals surface area contributed by atoms with Crippen LogP contribution < -0.4 is 0 Å². The summed E-state index contributed by atoms with van der Waals surface area (Å²) in [4.78, 5) is 20.4. The van der Waals surface area contributed by atoms with E-state index in [1.165, 1.54) is 19.4 Å². The molecule has 4 nitrogen and oxygen atoms in total. The van der Waals surface area contributed by atoms with Gasteiger partial charge < -0.3 is 9.80 Å². The van der Waals surface area contributed by atoms with Gasteiger partial charge in [-0.1, -0.05) is 17.7 Å². The van der Waals surface area contributed by atoms with Crippen LogP contribution >= 0.6 is 11.6 Å². The molecule has 5 heteroatoms. The fraction of sp³-hybridized carbons (Fsp3) is 0.625. The first-order valence-electron chi connectivity index (χ1n) is 7.57. The molecule has 0 aliphatic carbocycles. The van der Waals surface area contributed by atoms with Gasteiger partial charge in [0.2, 0.25) is 5.91 Å².